The van der Waals surface area contributed by atoms with Crippen LogP contribution in [0.5, 0.6) is 0 Å². The maximum absolute atomic E-state index is 3.67. The van der Waals surface area contributed by atoms with Crippen molar-refractivity contribution in [2.24, 2.45) is 5.41 Å². The minimum Gasteiger partial charge on any atom is -0.362 e. The summed E-state index contributed by atoms with van der Waals surface area (Å²) in [5.41, 5.74) is 8.00. The molecule has 1 nitrogen and oxygen atoms in total. The van der Waals surface area contributed by atoms with E-state index >= 15 is 0 Å². The summed E-state index contributed by atoms with van der Waals surface area (Å²) in [5, 5.41) is 0. The molecule has 0 amide bonds. The second-order valence-electron chi connectivity index (χ2n) is 7.36. The van der Waals surface area contributed by atoms with E-state index in [2.05, 4.69) is 56.1 Å². The fraction of sp³-hybridized carbons (Fsp3) is 0.474. The number of fused-ring (bicyclic) bond motifs is 3. The third-order valence-corrected chi connectivity index (χ3v) is 5.18. The van der Waals surface area contributed by atoms with Gasteiger partial charge in [0, 0.05) is 22.2 Å². The summed E-state index contributed by atoms with van der Waals surface area (Å²) in [6, 6.07) is 2.36. The van der Waals surface area contributed by atoms with Crippen LogP contribution in [0.2, 0.25) is 0 Å². The predicted octanol–water partition coefficient (Wildman–Crippen LogP) is 4.75. The molecule has 1 saturated carbocycles. The number of hydrogen-bond donors (Lipinski definition) is 1. The zero-order valence-corrected chi connectivity index (χ0v) is 12.7. The van der Waals surface area contributed by atoms with Crippen molar-refractivity contribution in [3.63, 3.8) is 0 Å². The van der Waals surface area contributed by atoms with Gasteiger partial charge in [-0.15, -0.1) is 0 Å². The van der Waals surface area contributed by atoms with E-state index < -0.39 is 0 Å². The highest BCUT2D eigenvalue weighted by atomic mass is 14.8. The largest absolute Gasteiger partial charge is 0.362 e. The van der Waals surface area contributed by atoms with Gasteiger partial charge < -0.3 is 4.98 Å². The molecule has 1 N–H and O–H groups in total. The average Bonchev–Trinajstić information content (AvgIpc) is 3.12. The van der Waals surface area contributed by atoms with Crippen molar-refractivity contribution < 1.29 is 0 Å². The molecule has 1 fully saturated rings. The highest BCUT2D eigenvalue weighted by Gasteiger charge is 2.50. The molecule has 0 aromatic carbocycles. The molecule has 0 atom stereocenters. The van der Waals surface area contributed by atoms with E-state index in [0.29, 0.717) is 5.41 Å². The van der Waals surface area contributed by atoms with Gasteiger partial charge in [-0.25, -0.2) is 0 Å². The molecule has 1 heterocycles. The summed E-state index contributed by atoms with van der Waals surface area (Å²) in [6.45, 7) is 6.76. The Labute approximate surface area is 121 Å². The van der Waals surface area contributed by atoms with Gasteiger partial charge >= 0.3 is 0 Å². The van der Waals surface area contributed by atoms with Gasteiger partial charge in [-0.05, 0) is 55.4 Å². The van der Waals surface area contributed by atoms with Gasteiger partial charge in [-0.2, -0.15) is 0 Å². The molecule has 1 spiro atoms. The van der Waals surface area contributed by atoms with Crippen molar-refractivity contribution in [2.45, 2.75) is 51.9 Å². The monoisotopic (exact) mass is 265 g/mol. The fourth-order valence-corrected chi connectivity index (χ4v) is 3.87. The molecule has 3 aliphatic rings. The van der Waals surface area contributed by atoms with Crippen LogP contribution in [0.15, 0.2) is 41.5 Å². The van der Waals surface area contributed by atoms with Gasteiger partial charge in [0.1, 0.15) is 0 Å². The first-order valence-corrected chi connectivity index (χ1v) is 7.81. The van der Waals surface area contributed by atoms with Crippen LogP contribution >= 0.6 is 0 Å². The van der Waals surface area contributed by atoms with Gasteiger partial charge in [-0.1, -0.05) is 38.2 Å². The van der Waals surface area contributed by atoms with E-state index in [1.54, 1.807) is 16.7 Å². The van der Waals surface area contributed by atoms with E-state index in [-0.39, 0.29) is 5.41 Å². The van der Waals surface area contributed by atoms with Crippen LogP contribution < -0.4 is 0 Å². The zero-order chi connectivity index (χ0) is 14.0. The molecule has 0 bridgehead atoms. The van der Waals surface area contributed by atoms with Crippen molar-refractivity contribution in [1.29, 1.82) is 0 Å². The molecule has 3 aliphatic carbocycles. The number of nitrogens with one attached hydrogen (secondary N) is 1. The van der Waals surface area contributed by atoms with Crippen LogP contribution in [-0.2, 0) is 11.8 Å². The molecular formula is C19H23N. The third kappa shape index (κ3) is 1.69. The highest BCUT2D eigenvalue weighted by Crippen LogP contribution is 2.58. The Balaban J connectivity index is 1.89. The third-order valence-electron chi connectivity index (χ3n) is 5.18. The van der Waals surface area contributed by atoms with E-state index in [4.69, 9.17) is 0 Å². The molecule has 0 radical (unpaired) electrons. The molecule has 20 heavy (non-hydrogen) atoms. The van der Waals surface area contributed by atoms with Crippen LogP contribution in [-0.4, -0.2) is 4.98 Å². The lowest BCUT2D eigenvalue weighted by Crippen LogP contribution is -2.12. The van der Waals surface area contributed by atoms with Gasteiger partial charge in [0.2, 0.25) is 0 Å². The first-order chi connectivity index (χ1) is 9.50. The average molecular weight is 265 g/mol. The van der Waals surface area contributed by atoms with Crippen molar-refractivity contribution in [2.75, 3.05) is 0 Å². The fourth-order valence-electron chi connectivity index (χ4n) is 3.87. The molecule has 1 heteroatoms. The number of allylic oxidation sites excluding steroid dienone is 6. The summed E-state index contributed by atoms with van der Waals surface area (Å²) < 4.78 is 0. The Hall–Kier alpha value is -1.50. The smallest absolute Gasteiger partial charge is 0.0359 e. The lowest BCUT2D eigenvalue weighted by Gasteiger charge is -2.18. The van der Waals surface area contributed by atoms with Crippen LogP contribution in [0.1, 0.15) is 50.1 Å². The molecule has 1 aromatic heterocycles. The number of hydrogen-bond acceptors (Lipinski definition) is 0. The van der Waals surface area contributed by atoms with Crippen LogP contribution in [0.3, 0.4) is 0 Å². The Morgan fingerprint density at radius 1 is 1.05 bits per heavy atom. The van der Waals surface area contributed by atoms with E-state index in [9.17, 15) is 0 Å². The number of aromatic nitrogens is 1. The van der Waals surface area contributed by atoms with Gasteiger partial charge in [0.15, 0.2) is 0 Å². The van der Waals surface area contributed by atoms with Crippen LogP contribution in [0, 0.1) is 12.3 Å². The molecule has 1 aromatic rings. The van der Waals surface area contributed by atoms with Crippen molar-refractivity contribution in [3.8, 4) is 0 Å². The number of rotatable bonds is 0. The van der Waals surface area contributed by atoms with Gasteiger partial charge in [0.25, 0.3) is 0 Å². The molecule has 104 valence electrons. The van der Waals surface area contributed by atoms with Gasteiger partial charge in [0.05, 0.1) is 0 Å². The van der Waals surface area contributed by atoms with Crippen LogP contribution in [0.25, 0.3) is 0 Å². The number of aromatic amines is 1. The first kappa shape index (κ1) is 12.3. The topological polar surface area (TPSA) is 15.8 Å². The minimum absolute atomic E-state index is 0.177. The summed E-state index contributed by atoms with van der Waals surface area (Å²) in [5.74, 6) is 0. The number of H-pyrrole nitrogens is 1. The van der Waals surface area contributed by atoms with E-state index in [1.807, 2.05) is 0 Å². The molecule has 0 aliphatic heterocycles. The summed E-state index contributed by atoms with van der Waals surface area (Å²) >= 11 is 0. The maximum atomic E-state index is 3.67. The lowest BCUT2D eigenvalue weighted by molar-refractivity contribution is 0.625. The summed E-state index contributed by atoms with van der Waals surface area (Å²) in [4.78, 5) is 3.67. The molecule has 0 unspecified atom stereocenters. The molecule has 0 saturated heterocycles. The predicted molar refractivity (Wildman–Crippen MR) is 83.8 cm³/mol. The Morgan fingerprint density at radius 3 is 2.55 bits per heavy atom. The second kappa shape index (κ2) is 3.78. The SMILES string of the molecule is Cc1cc2c([nH]1)C1(CC1)C1=C(C=CC(C)(C)C=C1)CC2. The standard InChI is InChI=1S/C19H23N/c1-13-12-15-5-4-14-6-8-18(2,3)9-7-16(14)19(10-11-19)17(15)20-13/h6-9,12,20H,4-5,10-11H2,1-3H3. The summed E-state index contributed by atoms with van der Waals surface area (Å²) in [6.07, 6.45) is 14.5. The highest BCUT2D eigenvalue weighted by molar-refractivity contribution is 5.56. The Morgan fingerprint density at radius 2 is 1.80 bits per heavy atom. The second-order valence-corrected chi connectivity index (χ2v) is 7.36. The van der Waals surface area contributed by atoms with Crippen molar-refractivity contribution >= 4 is 0 Å². The van der Waals surface area contributed by atoms with Gasteiger partial charge in [-0.3, -0.25) is 0 Å². The Kier molecular flexibility index (Phi) is 2.32. The quantitative estimate of drug-likeness (QED) is 0.696. The van der Waals surface area contributed by atoms with E-state index in [0.717, 1.165) is 0 Å². The summed E-state index contributed by atoms with van der Waals surface area (Å²) in [7, 11) is 0. The maximum Gasteiger partial charge on any atom is 0.0359 e. The van der Waals surface area contributed by atoms with E-state index in [1.165, 1.54) is 37.1 Å². The molecular weight excluding hydrogens is 242 g/mol. The molecule has 4 rings (SSSR count). The Bertz CT molecular complexity index is 660. The van der Waals surface area contributed by atoms with Crippen molar-refractivity contribution in [3.05, 3.63) is 58.5 Å². The van der Waals surface area contributed by atoms with Crippen LogP contribution in [0.4, 0.5) is 0 Å². The number of aryl methyl sites for hydroxylation is 2. The normalized spacial score (nSPS) is 25.1. The van der Waals surface area contributed by atoms with Crippen molar-refractivity contribution in [1.82, 2.24) is 4.98 Å². The first-order valence-electron chi connectivity index (χ1n) is 7.81. The minimum atomic E-state index is 0.177. The lowest BCUT2D eigenvalue weighted by atomic mass is 9.87. The zero-order valence-electron chi connectivity index (χ0n) is 12.7.